The lowest BCUT2D eigenvalue weighted by Crippen LogP contribution is -2.13. The van der Waals surface area contributed by atoms with Gasteiger partial charge in [0.2, 0.25) is 0 Å². The quantitative estimate of drug-likeness (QED) is 0.363. The number of ether oxygens (including phenoxy) is 1. The average Bonchev–Trinajstić information content (AvgIpc) is 2.80. The Morgan fingerprint density at radius 2 is 1.72 bits per heavy atom. The largest absolute Gasteiger partial charge is 0.494 e. The number of aryl methyl sites for hydroxylation is 2. The van der Waals surface area contributed by atoms with Crippen LogP contribution >= 0.6 is 0 Å². The zero-order chi connectivity index (χ0) is 22.3. The van der Waals surface area contributed by atoms with Crippen LogP contribution in [0.3, 0.4) is 0 Å². The molecule has 5 heteroatoms. The maximum absolute atomic E-state index is 12.7. The van der Waals surface area contributed by atoms with Gasteiger partial charge in [0.25, 0.3) is 5.91 Å². The molecule has 4 aromatic rings. The molecule has 0 bridgehead atoms. The predicted molar refractivity (Wildman–Crippen MR) is 126 cm³/mol. The van der Waals surface area contributed by atoms with E-state index in [4.69, 9.17) is 9.15 Å². The van der Waals surface area contributed by atoms with Gasteiger partial charge in [-0.05, 0) is 68.1 Å². The molecule has 1 aromatic heterocycles. The monoisotopic (exact) mass is 427 g/mol. The van der Waals surface area contributed by atoms with E-state index in [2.05, 4.69) is 29.6 Å². The van der Waals surface area contributed by atoms with Crippen LogP contribution in [0, 0.1) is 6.92 Å². The van der Waals surface area contributed by atoms with Gasteiger partial charge in [-0.2, -0.15) is 0 Å². The van der Waals surface area contributed by atoms with Crippen molar-refractivity contribution < 1.29 is 13.9 Å². The Kier molecular flexibility index (Phi) is 6.66. The third-order valence-corrected chi connectivity index (χ3v) is 5.21. The van der Waals surface area contributed by atoms with E-state index in [0.29, 0.717) is 34.6 Å². The first kappa shape index (κ1) is 21.4. The first-order chi connectivity index (χ1) is 15.6. The van der Waals surface area contributed by atoms with Gasteiger partial charge in [0, 0.05) is 11.6 Å². The second-order valence-electron chi connectivity index (χ2n) is 7.67. The summed E-state index contributed by atoms with van der Waals surface area (Å²) in [5.41, 5.74) is 2.54. The van der Waals surface area contributed by atoms with Gasteiger partial charge in [0.1, 0.15) is 11.5 Å². The second kappa shape index (κ2) is 9.96. The number of nitrogens with one attached hydrogen (secondary N) is 1. The lowest BCUT2D eigenvalue weighted by atomic mass is 10.1. The number of para-hydroxylation sites is 1. The Morgan fingerprint density at radius 1 is 0.938 bits per heavy atom. The van der Waals surface area contributed by atoms with Crippen molar-refractivity contribution in [3.63, 3.8) is 0 Å². The molecule has 0 atom stereocenters. The Balaban J connectivity index is 1.33. The van der Waals surface area contributed by atoms with Crippen molar-refractivity contribution in [2.75, 3.05) is 11.9 Å². The van der Waals surface area contributed by atoms with Crippen LogP contribution in [0.1, 0.15) is 34.5 Å². The van der Waals surface area contributed by atoms with Gasteiger partial charge >= 0.3 is 0 Å². The molecule has 0 aliphatic heterocycles. The molecule has 0 radical (unpaired) electrons. The highest BCUT2D eigenvalue weighted by Gasteiger charge is 2.12. The van der Waals surface area contributed by atoms with Crippen LogP contribution < -0.4 is 15.5 Å². The number of unbranched alkanes of at least 4 members (excludes halogenated alkanes) is 1. The summed E-state index contributed by atoms with van der Waals surface area (Å²) in [6.45, 7) is 2.34. The average molecular weight is 428 g/mol. The highest BCUT2D eigenvalue weighted by molar-refractivity contribution is 6.07. The molecule has 1 N–H and O–H groups in total. The topological polar surface area (TPSA) is 68.5 Å². The summed E-state index contributed by atoms with van der Waals surface area (Å²) < 4.78 is 11.5. The maximum Gasteiger partial charge on any atom is 0.255 e. The molecule has 0 saturated heterocycles. The summed E-state index contributed by atoms with van der Waals surface area (Å²) >= 11 is 0. The molecule has 0 spiro atoms. The fourth-order valence-electron chi connectivity index (χ4n) is 3.56. The SMILES string of the molecule is Cc1cc(=O)c2cccc(NC(=O)c3ccc(OCCCCc4ccccc4)cc3)c2o1. The van der Waals surface area contributed by atoms with Gasteiger partial charge in [0.15, 0.2) is 11.0 Å². The van der Waals surface area contributed by atoms with Crippen molar-refractivity contribution in [3.8, 4) is 5.75 Å². The summed E-state index contributed by atoms with van der Waals surface area (Å²) in [6.07, 6.45) is 3.06. The van der Waals surface area contributed by atoms with E-state index >= 15 is 0 Å². The number of benzene rings is 3. The number of carbonyl (C=O) groups is 1. The van der Waals surface area contributed by atoms with Gasteiger partial charge in [-0.3, -0.25) is 9.59 Å². The predicted octanol–water partition coefficient (Wildman–Crippen LogP) is 5.76. The molecular weight excluding hydrogens is 402 g/mol. The number of rotatable bonds is 8. The molecule has 4 rings (SSSR count). The molecule has 1 amide bonds. The molecule has 0 unspecified atom stereocenters. The number of amides is 1. The Bertz CT molecular complexity index is 1260. The number of carbonyl (C=O) groups excluding carboxylic acids is 1. The Morgan fingerprint density at radius 3 is 2.50 bits per heavy atom. The van der Waals surface area contributed by atoms with Crippen LogP contribution in [0.4, 0.5) is 5.69 Å². The molecule has 1 heterocycles. The third kappa shape index (κ3) is 5.24. The zero-order valence-electron chi connectivity index (χ0n) is 18.0. The van der Waals surface area contributed by atoms with E-state index in [1.54, 1.807) is 49.4 Å². The molecule has 162 valence electrons. The zero-order valence-corrected chi connectivity index (χ0v) is 18.0. The number of fused-ring (bicyclic) bond motifs is 1. The third-order valence-electron chi connectivity index (χ3n) is 5.21. The van der Waals surface area contributed by atoms with E-state index in [-0.39, 0.29) is 11.3 Å². The number of hydrogen-bond acceptors (Lipinski definition) is 4. The van der Waals surface area contributed by atoms with Gasteiger partial charge in [-0.15, -0.1) is 0 Å². The molecule has 0 fully saturated rings. The highest BCUT2D eigenvalue weighted by atomic mass is 16.5. The van der Waals surface area contributed by atoms with Crippen LogP contribution in [0.2, 0.25) is 0 Å². The molecule has 0 saturated carbocycles. The van der Waals surface area contributed by atoms with E-state index in [1.807, 2.05) is 6.07 Å². The maximum atomic E-state index is 12.7. The minimum Gasteiger partial charge on any atom is -0.494 e. The van der Waals surface area contributed by atoms with Gasteiger partial charge in [0.05, 0.1) is 17.7 Å². The van der Waals surface area contributed by atoms with Crippen molar-refractivity contribution >= 4 is 22.6 Å². The first-order valence-corrected chi connectivity index (χ1v) is 10.7. The van der Waals surface area contributed by atoms with E-state index in [1.165, 1.54) is 11.6 Å². The number of hydrogen-bond donors (Lipinski definition) is 1. The first-order valence-electron chi connectivity index (χ1n) is 10.7. The summed E-state index contributed by atoms with van der Waals surface area (Å²) in [6, 6.07) is 24.0. The second-order valence-corrected chi connectivity index (χ2v) is 7.67. The number of anilines is 1. The summed E-state index contributed by atoms with van der Waals surface area (Å²) in [5.74, 6) is 0.943. The minimum atomic E-state index is -0.281. The molecule has 3 aromatic carbocycles. The highest BCUT2D eigenvalue weighted by Crippen LogP contribution is 2.23. The molecule has 0 aliphatic carbocycles. The van der Waals surface area contributed by atoms with Crippen molar-refractivity contribution in [2.45, 2.75) is 26.2 Å². The Labute approximate surface area is 186 Å². The standard InChI is InChI=1S/C27H25NO4/c1-19-18-25(29)23-11-7-12-24(26(23)32-19)28-27(30)21-13-15-22(16-14-21)31-17-6-5-10-20-8-3-2-4-9-20/h2-4,7-9,11-16,18H,5-6,10,17H2,1H3,(H,28,30). The van der Waals surface area contributed by atoms with Gasteiger partial charge in [-0.1, -0.05) is 36.4 Å². The lowest BCUT2D eigenvalue weighted by molar-refractivity contribution is 0.102. The van der Waals surface area contributed by atoms with Crippen LogP contribution in [-0.4, -0.2) is 12.5 Å². The molecular formula is C27H25NO4. The lowest BCUT2D eigenvalue weighted by Gasteiger charge is -2.10. The Hall–Kier alpha value is -3.86. The molecule has 5 nitrogen and oxygen atoms in total. The fraction of sp³-hybridized carbons (Fsp3) is 0.185. The van der Waals surface area contributed by atoms with Crippen molar-refractivity contribution in [1.82, 2.24) is 0 Å². The van der Waals surface area contributed by atoms with Crippen LogP contribution in [0.5, 0.6) is 5.75 Å². The van der Waals surface area contributed by atoms with Gasteiger partial charge < -0.3 is 14.5 Å². The van der Waals surface area contributed by atoms with Crippen molar-refractivity contribution in [1.29, 1.82) is 0 Å². The fourth-order valence-corrected chi connectivity index (χ4v) is 3.56. The summed E-state index contributed by atoms with van der Waals surface area (Å²) in [7, 11) is 0. The van der Waals surface area contributed by atoms with Crippen LogP contribution in [-0.2, 0) is 6.42 Å². The normalized spacial score (nSPS) is 10.8. The van der Waals surface area contributed by atoms with Gasteiger partial charge in [-0.25, -0.2) is 0 Å². The summed E-state index contributed by atoms with van der Waals surface area (Å²) in [4.78, 5) is 24.9. The minimum absolute atomic E-state index is 0.134. The smallest absolute Gasteiger partial charge is 0.255 e. The van der Waals surface area contributed by atoms with E-state index in [9.17, 15) is 9.59 Å². The molecule has 0 aliphatic rings. The van der Waals surface area contributed by atoms with Crippen LogP contribution in [0.15, 0.2) is 88.1 Å². The van der Waals surface area contributed by atoms with E-state index < -0.39 is 0 Å². The van der Waals surface area contributed by atoms with Crippen molar-refractivity contribution in [3.05, 3.63) is 106 Å². The van der Waals surface area contributed by atoms with E-state index in [0.717, 1.165) is 25.0 Å². The van der Waals surface area contributed by atoms with Crippen molar-refractivity contribution in [2.24, 2.45) is 0 Å². The molecule has 32 heavy (non-hydrogen) atoms. The summed E-state index contributed by atoms with van der Waals surface area (Å²) in [5, 5.41) is 3.27. The van der Waals surface area contributed by atoms with Crippen LogP contribution in [0.25, 0.3) is 11.0 Å².